The zero-order chi connectivity index (χ0) is 12.9. The number of hydrogen-bond donors (Lipinski definition) is 2. The molecule has 1 heterocycles. The molecule has 0 fully saturated rings. The molecule has 6 heteroatoms. The van der Waals surface area contributed by atoms with Gasteiger partial charge in [-0.05, 0) is 25.5 Å². The van der Waals surface area contributed by atoms with Gasteiger partial charge in [0.05, 0.1) is 6.20 Å². The molecule has 0 radical (unpaired) electrons. The van der Waals surface area contributed by atoms with E-state index in [1.165, 1.54) is 0 Å². The average molecular weight is 257 g/mol. The third-order valence-electron chi connectivity index (χ3n) is 2.53. The molecule has 0 aliphatic rings. The van der Waals surface area contributed by atoms with Gasteiger partial charge in [-0.2, -0.15) is 5.10 Å². The number of aliphatic carboxylic acids is 1. The van der Waals surface area contributed by atoms with E-state index in [-0.39, 0.29) is 0 Å². The maximum Gasteiger partial charge on any atom is 0.323 e. The van der Waals surface area contributed by atoms with Crippen molar-refractivity contribution in [3.8, 4) is 0 Å². The molecule has 1 unspecified atom stereocenters. The molecule has 0 aliphatic heterocycles. The van der Waals surface area contributed by atoms with Crippen molar-refractivity contribution in [1.82, 2.24) is 9.78 Å². The van der Waals surface area contributed by atoms with Crippen LogP contribution in [-0.4, -0.2) is 32.1 Å². The van der Waals surface area contributed by atoms with Crippen molar-refractivity contribution in [3.63, 3.8) is 0 Å². The van der Waals surface area contributed by atoms with E-state index in [9.17, 15) is 4.79 Å². The van der Waals surface area contributed by atoms with Crippen molar-refractivity contribution in [2.75, 3.05) is 5.75 Å². The van der Waals surface area contributed by atoms with Crippen LogP contribution in [0.1, 0.15) is 26.2 Å². The number of carboxylic acid groups (broad SMARTS) is 1. The fourth-order valence-corrected chi connectivity index (χ4v) is 2.30. The third kappa shape index (κ3) is 4.79. The topological polar surface area (TPSA) is 81.1 Å². The van der Waals surface area contributed by atoms with Crippen molar-refractivity contribution >= 4 is 17.7 Å². The summed E-state index contributed by atoms with van der Waals surface area (Å²) in [6, 6.07) is 0. The molecule has 0 bridgehead atoms. The van der Waals surface area contributed by atoms with E-state index in [1.54, 1.807) is 23.4 Å². The summed E-state index contributed by atoms with van der Waals surface area (Å²) in [6.07, 6.45) is 6.09. The van der Waals surface area contributed by atoms with Gasteiger partial charge in [0.15, 0.2) is 0 Å². The monoisotopic (exact) mass is 257 g/mol. The number of unbranched alkanes of at least 4 members (excludes halogenated alkanes) is 1. The quantitative estimate of drug-likeness (QED) is 0.571. The summed E-state index contributed by atoms with van der Waals surface area (Å²) in [5.41, 5.74) is 4.54. The molecule has 17 heavy (non-hydrogen) atoms. The lowest BCUT2D eigenvalue weighted by Gasteiger charge is -2.18. The van der Waals surface area contributed by atoms with Crippen LogP contribution in [0.2, 0.25) is 0 Å². The highest BCUT2D eigenvalue weighted by Gasteiger charge is 2.26. The number of thioether (sulfide) groups is 1. The Morgan fingerprint density at radius 2 is 2.35 bits per heavy atom. The molecule has 0 saturated carbocycles. The van der Waals surface area contributed by atoms with Gasteiger partial charge in [-0.3, -0.25) is 9.48 Å². The predicted octanol–water partition coefficient (Wildman–Crippen LogP) is 1.48. The van der Waals surface area contributed by atoms with Gasteiger partial charge in [0.25, 0.3) is 0 Å². The Hall–Kier alpha value is -1.01. The standard InChI is InChI=1S/C11H19N3O2S/c1-11(12,10(15)16)5-3-4-6-17-9-7-13-14(2)8-9/h7-8H,3-6,12H2,1-2H3,(H,15,16). The molecule has 1 aromatic rings. The summed E-state index contributed by atoms with van der Waals surface area (Å²) in [6.45, 7) is 1.56. The molecule has 0 aliphatic carbocycles. The molecular weight excluding hydrogens is 238 g/mol. The van der Waals surface area contributed by atoms with Gasteiger partial charge in [-0.1, -0.05) is 6.42 Å². The first-order valence-corrected chi connectivity index (χ1v) is 6.54. The predicted molar refractivity (Wildman–Crippen MR) is 68.0 cm³/mol. The molecule has 0 aromatic carbocycles. The second kappa shape index (κ2) is 6.07. The van der Waals surface area contributed by atoms with E-state index < -0.39 is 11.5 Å². The van der Waals surface area contributed by atoms with Crippen LogP contribution in [0.25, 0.3) is 0 Å². The number of rotatable bonds is 7. The second-order valence-electron chi connectivity index (χ2n) is 4.38. The van der Waals surface area contributed by atoms with Gasteiger partial charge in [0.2, 0.25) is 0 Å². The van der Waals surface area contributed by atoms with Gasteiger partial charge in [-0.25, -0.2) is 0 Å². The highest BCUT2D eigenvalue weighted by atomic mass is 32.2. The van der Waals surface area contributed by atoms with E-state index in [4.69, 9.17) is 10.8 Å². The number of hydrogen-bond acceptors (Lipinski definition) is 4. The van der Waals surface area contributed by atoms with Crippen LogP contribution in [0.5, 0.6) is 0 Å². The lowest BCUT2D eigenvalue weighted by molar-refractivity contribution is -0.142. The van der Waals surface area contributed by atoms with Crippen LogP contribution < -0.4 is 5.73 Å². The highest BCUT2D eigenvalue weighted by Crippen LogP contribution is 2.19. The van der Waals surface area contributed by atoms with Crippen LogP contribution >= 0.6 is 11.8 Å². The summed E-state index contributed by atoms with van der Waals surface area (Å²) in [5, 5.41) is 12.9. The molecular formula is C11H19N3O2S. The molecule has 96 valence electrons. The zero-order valence-corrected chi connectivity index (χ0v) is 11.0. The minimum atomic E-state index is -1.10. The van der Waals surface area contributed by atoms with Gasteiger partial charge in [-0.15, -0.1) is 11.8 Å². The molecule has 3 N–H and O–H groups in total. The van der Waals surface area contributed by atoms with Crippen molar-refractivity contribution < 1.29 is 9.90 Å². The van der Waals surface area contributed by atoms with Crippen molar-refractivity contribution in [3.05, 3.63) is 12.4 Å². The van der Waals surface area contributed by atoms with Gasteiger partial charge in [0.1, 0.15) is 5.54 Å². The first-order chi connectivity index (χ1) is 7.92. The Labute approximate surface area is 105 Å². The average Bonchev–Trinajstić information content (AvgIpc) is 2.63. The lowest BCUT2D eigenvalue weighted by Crippen LogP contribution is -2.44. The van der Waals surface area contributed by atoms with Crippen LogP contribution in [0.15, 0.2) is 17.3 Å². The molecule has 5 nitrogen and oxygen atoms in total. The SMILES string of the molecule is Cn1cc(SCCCCC(C)(N)C(=O)O)cn1. The van der Waals surface area contributed by atoms with E-state index in [2.05, 4.69) is 5.10 Å². The van der Waals surface area contributed by atoms with Crippen molar-refractivity contribution in [2.24, 2.45) is 12.8 Å². The molecule has 0 saturated heterocycles. The molecule has 0 amide bonds. The fourth-order valence-electron chi connectivity index (χ4n) is 1.36. The van der Waals surface area contributed by atoms with Crippen molar-refractivity contribution in [2.45, 2.75) is 36.6 Å². The molecule has 1 rings (SSSR count). The highest BCUT2D eigenvalue weighted by molar-refractivity contribution is 7.99. The van der Waals surface area contributed by atoms with Crippen LogP contribution in [0.3, 0.4) is 0 Å². The first-order valence-electron chi connectivity index (χ1n) is 5.55. The summed E-state index contributed by atoms with van der Waals surface area (Å²) in [5.74, 6) is 0.0268. The molecule has 0 spiro atoms. The van der Waals surface area contributed by atoms with E-state index in [1.807, 2.05) is 19.4 Å². The minimum Gasteiger partial charge on any atom is -0.480 e. The zero-order valence-electron chi connectivity index (χ0n) is 10.2. The van der Waals surface area contributed by atoms with Gasteiger partial charge in [0, 0.05) is 18.1 Å². The number of aryl methyl sites for hydroxylation is 1. The van der Waals surface area contributed by atoms with Crippen molar-refractivity contribution in [1.29, 1.82) is 0 Å². The number of carboxylic acids is 1. The van der Waals surface area contributed by atoms with Gasteiger partial charge < -0.3 is 10.8 Å². The number of nitrogens with two attached hydrogens (primary N) is 1. The Balaban J connectivity index is 2.15. The summed E-state index contributed by atoms with van der Waals surface area (Å²) >= 11 is 1.73. The Morgan fingerprint density at radius 1 is 1.65 bits per heavy atom. The van der Waals surface area contributed by atoms with Crippen LogP contribution in [-0.2, 0) is 11.8 Å². The number of carbonyl (C=O) groups is 1. The number of aromatic nitrogens is 2. The Kier molecular flexibility index (Phi) is 5.02. The largest absolute Gasteiger partial charge is 0.480 e. The maximum absolute atomic E-state index is 10.8. The van der Waals surface area contributed by atoms with E-state index in [0.717, 1.165) is 23.5 Å². The minimum absolute atomic E-state index is 0.510. The van der Waals surface area contributed by atoms with E-state index in [0.29, 0.717) is 6.42 Å². The second-order valence-corrected chi connectivity index (χ2v) is 5.55. The smallest absolute Gasteiger partial charge is 0.323 e. The Bertz CT molecular complexity index is 377. The van der Waals surface area contributed by atoms with Crippen LogP contribution in [0.4, 0.5) is 0 Å². The fraction of sp³-hybridized carbons (Fsp3) is 0.636. The molecule has 1 aromatic heterocycles. The number of nitrogens with zero attached hydrogens (tertiary/aromatic N) is 2. The van der Waals surface area contributed by atoms with Crippen LogP contribution in [0, 0.1) is 0 Å². The molecule has 1 atom stereocenters. The van der Waals surface area contributed by atoms with E-state index >= 15 is 0 Å². The lowest BCUT2D eigenvalue weighted by atomic mass is 9.97. The van der Waals surface area contributed by atoms with Gasteiger partial charge >= 0.3 is 5.97 Å². The Morgan fingerprint density at radius 3 is 2.88 bits per heavy atom. The first kappa shape index (κ1) is 14.1. The summed E-state index contributed by atoms with van der Waals surface area (Å²) < 4.78 is 1.77. The normalized spacial score (nSPS) is 14.5. The summed E-state index contributed by atoms with van der Waals surface area (Å²) in [4.78, 5) is 11.9. The summed E-state index contributed by atoms with van der Waals surface area (Å²) in [7, 11) is 1.89. The third-order valence-corrected chi connectivity index (χ3v) is 3.57. The maximum atomic E-state index is 10.8.